The van der Waals surface area contributed by atoms with Gasteiger partial charge in [-0.15, -0.1) is 0 Å². The minimum absolute atomic E-state index is 0.0317. The Kier molecular flexibility index (Phi) is 8.74. The summed E-state index contributed by atoms with van der Waals surface area (Å²) in [6, 6.07) is 0. The maximum Gasteiger partial charge on any atom is 0.225 e. The summed E-state index contributed by atoms with van der Waals surface area (Å²) in [5.74, 6) is 0. The van der Waals surface area contributed by atoms with E-state index in [1.807, 2.05) is 10.6 Å². The molecule has 1 atom stereocenters. The molecule has 6 rings (SSSR count). The number of nitrogens with zero attached hydrogens (tertiary/aromatic N) is 7. The van der Waals surface area contributed by atoms with Crippen molar-refractivity contribution in [3.05, 3.63) is 45.9 Å². The van der Waals surface area contributed by atoms with Crippen LogP contribution in [0.25, 0.3) is 22.3 Å². The van der Waals surface area contributed by atoms with E-state index in [2.05, 4.69) is 34.9 Å². The summed E-state index contributed by atoms with van der Waals surface area (Å²) < 4.78 is 12.4. The highest BCUT2D eigenvalue weighted by Crippen LogP contribution is 2.28. The van der Waals surface area contributed by atoms with Crippen LogP contribution in [0.2, 0.25) is 20.9 Å². The van der Waals surface area contributed by atoms with E-state index in [-0.39, 0.29) is 27.1 Å². The van der Waals surface area contributed by atoms with Crippen LogP contribution in [0, 0.1) is 0 Å². The summed E-state index contributed by atoms with van der Waals surface area (Å²) in [4.78, 5) is 26.4. The van der Waals surface area contributed by atoms with Gasteiger partial charge in [-0.05, 0) is 61.4 Å². The Balaban J connectivity index is 0.000000137. The summed E-state index contributed by atoms with van der Waals surface area (Å²) in [6.45, 7) is 1.67. The fourth-order valence-corrected chi connectivity index (χ4v) is 4.12. The molecule has 0 amide bonds. The van der Waals surface area contributed by atoms with Crippen molar-refractivity contribution in [2.24, 2.45) is 0 Å². The van der Waals surface area contributed by atoms with Crippen molar-refractivity contribution in [2.45, 2.75) is 38.3 Å². The molecule has 1 unspecified atom stereocenters. The van der Waals surface area contributed by atoms with Gasteiger partial charge in [0, 0.05) is 6.61 Å². The third-order valence-electron chi connectivity index (χ3n) is 4.86. The summed E-state index contributed by atoms with van der Waals surface area (Å²) in [5.41, 5.74) is 2.28. The molecule has 0 radical (unpaired) electrons. The first kappa shape index (κ1) is 24.9. The molecule has 4 aromatic heterocycles. The number of halogens is 4. The van der Waals surface area contributed by atoms with Gasteiger partial charge in [-0.1, -0.05) is 23.2 Å². The molecule has 14 heteroatoms. The van der Waals surface area contributed by atoms with Gasteiger partial charge in [-0.2, -0.15) is 9.97 Å². The molecule has 2 aliphatic heterocycles. The fraction of sp³-hybridized carbons (Fsp3) is 0.400. The Morgan fingerprint density at radius 2 is 1.74 bits per heavy atom. The van der Waals surface area contributed by atoms with Crippen molar-refractivity contribution < 1.29 is 9.47 Å². The largest absolute Gasteiger partial charge is 0.502 e. The van der Waals surface area contributed by atoms with Crippen LogP contribution >= 0.6 is 46.4 Å². The number of aromatic nitrogens is 8. The summed E-state index contributed by atoms with van der Waals surface area (Å²) >= 11 is 23.0. The number of fused-ring (bicyclic) bond motifs is 2. The number of imidazole rings is 2. The maximum atomic E-state index is 5.96. The van der Waals surface area contributed by atoms with Crippen LogP contribution in [0.5, 0.6) is 0 Å². The molecule has 0 spiro atoms. The average Bonchev–Trinajstić information content (AvgIpc) is 3.49. The van der Waals surface area contributed by atoms with Crippen LogP contribution in [-0.4, -0.2) is 52.7 Å². The third kappa shape index (κ3) is 6.25. The summed E-state index contributed by atoms with van der Waals surface area (Å²) in [7, 11) is 0. The quantitative estimate of drug-likeness (QED) is 0.235. The van der Waals surface area contributed by atoms with Crippen molar-refractivity contribution >= 4 is 68.7 Å². The average molecular weight is 546 g/mol. The molecule has 0 bridgehead atoms. The maximum absolute atomic E-state index is 5.96. The number of rotatable bonds is 1. The Bertz CT molecular complexity index is 1260. The molecule has 1 saturated heterocycles. The second-order valence-electron chi connectivity index (χ2n) is 7.20. The smallest absolute Gasteiger partial charge is 0.225 e. The van der Waals surface area contributed by atoms with Crippen LogP contribution in [-0.2, 0) is 9.47 Å². The highest BCUT2D eigenvalue weighted by atomic mass is 35.5. The Hall–Kier alpha value is -2.24. The van der Waals surface area contributed by atoms with Crippen LogP contribution in [0.15, 0.2) is 25.0 Å². The van der Waals surface area contributed by atoms with Crippen molar-refractivity contribution in [1.82, 2.24) is 39.5 Å². The minimum atomic E-state index is -0.0317. The molecule has 1 N–H and O–H groups in total. The molecule has 34 heavy (non-hydrogen) atoms. The molecule has 0 aromatic carbocycles. The van der Waals surface area contributed by atoms with Gasteiger partial charge in [-0.25, -0.2) is 19.9 Å². The second-order valence-corrected chi connectivity index (χ2v) is 8.59. The van der Waals surface area contributed by atoms with E-state index in [1.165, 1.54) is 19.2 Å². The van der Waals surface area contributed by atoms with E-state index in [0.717, 1.165) is 32.5 Å². The minimum Gasteiger partial charge on any atom is -0.502 e. The predicted octanol–water partition coefficient (Wildman–Crippen LogP) is 5.80. The van der Waals surface area contributed by atoms with E-state index in [0.29, 0.717) is 22.3 Å². The van der Waals surface area contributed by atoms with Gasteiger partial charge in [-0.3, -0.25) is 4.57 Å². The van der Waals surface area contributed by atoms with E-state index in [9.17, 15) is 0 Å². The first-order valence-corrected chi connectivity index (χ1v) is 12.0. The Morgan fingerprint density at radius 1 is 0.912 bits per heavy atom. The molecule has 0 aliphatic carbocycles. The van der Waals surface area contributed by atoms with Gasteiger partial charge in [0.15, 0.2) is 21.6 Å². The summed E-state index contributed by atoms with van der Waals surface area (Å²) in [6.07, 6.45) is 12.5. The molecule has 2 aliphatic rings. The number of allylic oxidation sites excluding steroid dienone is 1. The highest BCUT2D eigenvalue weighted by molar-refractivity contribution is 6.35. The van der Waals surface area contributed by atoms with Crippen LogP contribution in [0.4, 0.5) is 0 Å². The van der Waals surface area contributed by atoms with Crippen molar-refractivity contribution in [3.8, 4) is 0 Å². The number of aromatic amines is 1. The van der Waals surface area contributed by atoms with Gasteiger partial charge in [0.25, 0.3) is 0 Å². The van der Waals surface area contributed by atoms with Crippen molar-refractivity contribution in [3.63, 3.8) is 0 Å². The van der Waals surface area contributed by atoms with Crippen LogP contribution < -0.4 is 0 Å². The Morgan fingerprint density at radius 3 is 2.41 bits per heavy atom. The van der Waals surface area contributed by atoms with Gasteiger partial charge in [0.2, 0.25) is 10.6 Å². The van der Waals surface area contributed by atoms with E-state index in [1.54, 1.807) is 12.6 Å². The van der Waals surface area contributed by atoms with Gasteiger partial charge >= 0.3 is 0 Å². The third-order valence-corrected chi connectivity index (χ3v) is 5.73. The molecular formula is C20H20Cl4N8O2. The SMILES string of the molecule is C1=COCCC1.Clc1nc(Cl)c2[nH]cnc2n1.Clc1nc(Cl)c2ncn(C3CCCCO3)c2n1. The van der Waals surface area contributed by atoms with Crippen LogP contribution in [0.1, 0.15) is 38.3 Å². The molecule has 180 valence electrons. The van der Waals surface area contributed by atoms with E-state index in [4.69, 9.17) is 55.9 Å². The van der Waals surface area contributed by atoms with Crippen LogP contribution in [0.3, 0.4) is 0 Å². The number of nitrogens with one attached hydrogen (secondary N) is 1. The zero-order valence-electron chi connectivity index (χ0n) is 17.8. The van der Waals surface area contributed by atoms with Crippen molar-refractivity contribution in [2.75, 3.05) is 13.2 Å². The monoisotopic (exact) mass is 544 g/mol. The number of hydrogen-bond donors (Lipinski definition) is 1. The standard InChI is InChI=1S/C10H10Cl2N4O.C5H2Cl2N4.C5H8O/c11-8-7-9(15-10(12)14-8)16(5-13-7)6-3-1-2-4-17-6;6-3-2-4(9-1-8-2)11-5(7)10-3;1-2-4-6-5-3-1/h5-6H,1-4H2;1H,(H,8,9,10,11);2,4H,1,3,5H2. The van der Waals surface area contributed by atoms with E-state index >= 15 is 0 Å². The molecular weight excluding hydrogens is 526 g/mol. The number of hydrogen-bond acceptors (Lipinski definition) is 8. The molecule has 4 aromatic rings. The number of ether oxygens (including phenoxy) is 2. The topological polar surface area (TPSA) is 117 Å². The highest BCUT2D eigenvalue weighted by Gasteiger charge is 2.20. The van der Waals surface area contributed by atoms with Gasteiger partial charge in [0.1, 0.15) is 17.3 Å². The molecule has 6 heterocycles. The lowest BCUT2D eigenvalue weighted by Gasteiger charge is -2.23. The zero-order chi connectivity index (χ0) is 23.9. The first-order valence-electron chi connectivity index (χ1n) is 10.5. The summed E-state index contributed by atoms with van der Waals surface area (Å²) in [5, 5.41) is 0.793. The normalized spacial score (nSPS) is 17.5. The predicted molar refractivity (Wildman–Crippen MR) is 130 cm³/mol. The van der Waals surface area contributed by atoms with Gasteiger partial charge < -0.3 is 14.5 Å². The van der Waals surface area contributed by atoms with Gasteiger partial charge in [0.05, 0.1) is 25.5 Å². The fourth-order valence-electron chi connectivity index (χ4n) is 3.27. The lowest BCUT2D eigenvalue weighted by Crippen LogP contribution is -2.17. The Labute approximate surface area is 214 Å². The molecule has 1 fully saturated rings. The lowest BCUT2D eigenvalue weighted by molar-refractivity contribution is -0.0298. The first-order chi connectivity index (χ1) is 16.5. The van der Waals surface area contributed by atoms with Crippen molar-refractivity contribution in [1.29, 1.82) is 0 Å². The second kappa shape index (κ2) is 11.9. The molecule has 0 saturated carbocycles. The van der Waals surface area contributed by atoms with E-state index < -0.39 is 0 Å². The molecule has 10 nitrogen and oxygen atoms in total. The lowest BCUT2D eigenvalue weighted by atomic mass is 10.2. The zero-order valence-corrected chi connectivity index (χ0v) is 20.8. The number of H-pyrrole nitrogens is 1.